The Labute approximate surface area is 197 Å². The molecule has 1 N–H and O–H groups in total. The van der Waals surface area contributed by atoms with Crippen LogP contribution in [-0.4, -0.2) is 32.4 Å². The Kier molecular flexibility index (Phi) is 6.16. The lowest BCUT2D eigenvalue weighted by Crippen LogP contribution is -2.29. The first-order valence-corrected chi connectivity index (χ1v) is 11.3. The highest BCUT2D eigenvalue weighted by molar-refractivity contribution is 5.92. The van der Waals surface area contributed by atoms with E-state index in [-0.39, 0.29) is 12.5 Å². The molecule has 0 unspecified atom stereocenters. The van der Waals surface area contributed by atoms with Gasteiger partial charge in [0.1, 0.15) is 6.54 Å². The summed E-state index contributed by atoms with van der Waals surface area (Å²) >= 11 is 0. The maximum absolute atomic E-state index is 12.6. The number of amides is 1. The molecule has 2 heterocycles. The Morgan fingerprint density at radius 3 is 2.68 bits per heavy atom. The molecule has 0 aliphatic heterocycles. The molecule has 0 bridgehead atoms. The van der Waals surface area contributed by atoms with Crippen LogP contribution in [-0.2, 0) is 17.8 Å². The lowest BCUT2D eigenvalue weighted by Gasteiger charge is -2.06. The molecular weight excluding hydrogens is 426 g/mol. The van der Waals surface area contributed by atoms with Crippen LogP contribution in [0.1, 0.15) is 17.5 Å². The van der Waals surface area contributed by atoms with Gasteiger partial charge in [0.25, 0.3) is 5.89 Å². The standard InChI is InChI=1S/C27H25N5O2/c1-19-9-7-13-21(17-19)26-29-27(34-31-26)25-22-14-5-6-15-23(22)32(30-25)18-24(33)28-16-8-12-20-10-3-2-4-11-20/h2-7,9-11,13-15,17H,8,12,16,18H2,1H3,(H,28,33). The molecule has 0 aliphatic rings. The summed E-state index contributed by atoms with van der Waals surface area (Å²) in [5.41, 5.74) is 4.68. The van der Waals surface area contributed by atoms with Crippen molar-refractivity contribution in [3.63, 3.8) is 0 Å². The molecule has 7 nitrogen and oxygen atoms in total. The minimum Gasteiger partial charge on any atom is -0.354 e. The summed E-state index contributed by atoms with van der Waals surface area (Å²) in [7, 11) is 0. The molecule has 0 saturated carbocycles. The summed E-state index contributed by atoms with van der Waals surface area (Å²) in [6.07, 6.45) is 1.81. The van der Waals surface area contributed by atoms with Crippen molar-refractivity contribution in [3.8, 4) is 23.0 Å². The van der Waals surface area contributed by atoms with Crippen LogP contribution < -0.4 is 5.32 Å². The number of aromatic nitrogens is 4. The Morgan fingerprint density at radius 2 is 1.82 bits per heavy atom. The second-order valence-electron chi connectivity index (χ2n) is 8.26. The minimum absolute atomic E-state index is 0.0844. The number of carbonyl (C=O) groups is 1. The SMILES string of the molecule is Cc1cccc(-c2noc(-c3nn(CC(=O)NCCCc4ccccc4)c4ccccc34)n2)c1. The van der Waals surface area contributed by atoms with E-state index in [0.29, 0.717) is 24.0 Å². The first-order chi connectivity index (χ1) is 16.7. The number of nitrogens with one attached hydrogen (secondary N) is 1. The molecule has 0 fully saturated rings. The average molecular weight is 452 g/mol. The lowest BCUT2D eigenvalue weighted by atomic mass is 10.1. The number of hydrogen-bond acceptors (Lipinski definition) is 5. The van der Waals surface area contributed by atoms with Gasteiger partial charge in [0.05, 0.1) is 5.52 Å². The average Bonchev–Trinajstić information content (AvgIpc) is 3.48. The predicted molar refractivity (Wildman–Crippen MR) is 131 cm³/mol. The zero-order valence-electron chi connectivity index (χ0n) is 18.9. The van der Waals surface area contributed by atoms with E-state index >= 15 is 0 Å². The normalized spacial score (nSPS) is 11.1. The number of rotatable bonds is 8. The van der Waals surface area contributed by atoms with Crippen molar-refractivity contribution in [1.29, 1.82) is 0 Å². The summed E-state index contributed by atoms with van der Waals surface area (Å²) < 4.78 is 7.24. The van der Waals surface area contributed by atoms with Crippen LogP contribution in [0.3, 0.4) is 0 Å². The van der Waals surface area contributed by atoms with Gasteiger partial charge in [0.15, 0.2) is 5.69 Å². The van der Waals surface area contributed by atoms with Gasteiger partial charge in [-0.3, -0.25) is 9.48 Å². The van der Waals surface area contributed by atoms with Gasteiger partial charge in [0, 0.05) is 17.5 Å². The van der Waals surface area contributed by atoms with Crippen molar-refractivity contribution in [2.75, 3.05) is 6.54 Å². The zero-order chi connectivity index (χ0) is 23.3. The molecule has 0 atom stereocenters. The van der Waals surface area contributed by atoms with Crippen molar-refractivity contribution in [1.82, 2.24) is 25.2 Å². The van der Waals surface area contributed by atoms with Crippen LogP contribution >= 0.6 is 0 Å². The summed E-state index contributed by atoms with van der Waals surface area (Å²) in [4.78, 5) is 17.2. The molecule has 1 amide bonds. The Morgan fingerprint density at radius 1 is 1.00 bits per heavy atom. The van der Waals surface area contributed by atoms with Gasteiger partial charge < -0.3 is 9.84 Å². The zero-order valence-corrected chi connectivity index (χ0v) is 18.9. The molecule has 2 aromatic heterocycles. The van der Waals surface area contributed by atoms with Crippen LogP contribution in [0.5, 0.6) is 0 Å². The van der Waals surface area contributed by atoms with Crippen LogP contribution in [0.15, 0.2) is 83.4 Å². The fraction of sp³-hybridized carbons (Fsp3) is 0.185. The Balaban J connectivity index is 1.30. The van der Waals surface area contributed by atoms with Gasteiger partial charge >= 0.3 is 0 Å². The number of hydrogen-bond donors (Lipinski definition) is 1. The summed E-state index contributed by atoms with van der Waals surface area (Å²) in [6, 6.07) is 25.9. The summed E-state index contributed by atoms with van der Waals surface area (Å²) in [5.74, 6) is 0.752. The van der Waals surface area contributed by atoms with Gasteiger partial charge in [-0.05, 0) is 37.5 Å². The van der Waals surface area contributed by atoms with E-state index in [0.717, 1.165) is 34.9 Å². The van der Waals surface area contributed by atoms with E-state index < -0.39 is 0 Å². The maximum Gasteiger partial charge on any atom is 0.279 e. The highest BCUT2D eigenvalue weighted by Crippen LogP contribution is 2.28. The predicted octanol–water partition coefficient (Wildman–Crippen LogP) is 4.81. The Bertz CT molecular complexity index is 1420. The van der Waals surface area contributed by atoms with E-state index in [1.54, 1.807) is 4.68 Å². The van der Waals surface area contributed by atoms with Crippen molar-refractivity contribution < 1.29 is 9.32 Å². The van der Waals surface area contributed by atoms with Gasteiger partial charge in [-0.25, -0.2) is 0 Å². The van der Waals surface area contributed by atoms with Crippen LogP contribution in [0.2, 0.25) is 0 Å². The topological polar surface area (TPSA) is 85.8 Å². The largest absolute Gasteiger partial charge is 0.354 e. The third-order valence-corrected chi connectivity index (χ3v) is 5.66. The fourth-order valence-electron chi connectivity index (χ4n) is 3.98. The van der Waals surface area contributed by atoms with Crippen molar-refractivity contribution in [3.05, 3.63) is 90.0 Å². The molecule has 5 aromatic rings. The summed E-state index contributed by atoms with van der Waals surface area (Å²) in [5, 5.41) is 12.7. The van der Waals surface area contributed by atoms with Gasteiger partial charge in [0.2, 0.25) is 11.7 Å². The maximum atomic E-state index is 12.6. The van der Waals surface area contributed by atoms with Gasteiger partial charge in [-0.15, -0.1) is 0 Å². The molecule has 0 aliphatic carbocycles. The molecule has 3 aromatic carbocycles. The highest BCUT2D eigenvalue weighted by Gasteiger charge is 2.19. The Hall–Kier alpha value is -4.26. The number of fused-ring (bicyclic) bond motifs is 1. The molecule has 0 spiro atoms. The van der Waals surface area contributed by atoms with Crippen molar-refractivity contribution in [2.24, 2.45) is 0 Å². The third-order valence-electron chi connectivity index (χ3n) is 5.66. The number of para-hydroxylation sites is 1. The lowest BCUT2D eigenvalue weighted by molar-refractivity contribution is -0.121. The number of carbonyl (C=O) groups excluding carboxylic acids is 1. The smallest absolute Gasteiger partial charge is 0.279 e. The van der Waals surface area contributed by atoms with E-state index in [1.807, 2.05) is 73.7 Å². The fourth-order valence-corrected chi connectivity index (χ4v) is 3.98. The monoisotopic (exact) mass is 451 g/mol. The number of benzene rings is 3. The van der Waals surface area contributed by atoms with Crippen molar-refractivity contribution >= 4 is 16.8 Å². The van der Waals surface area contributed by atoms with E-state index in [1.165, 1.54) is 5.56 Å². The second kappa shape index (κ2) is 9.70. The second-order valence-corrected chi connectivity index (χ2v) is 8.26. The van der Waals surface area contributed by atoms with Crippen LogP contribution in [0, 0.1) is 6.92 Å². The van der Waals surface area contributed by atoms with E-state index in [9.17, 15) is 4.79 Å². The molecular formula is C27H25N5O2. The van der Waals surface area contributed by atoms with E-state index in [2.05, 4.69) is 32.7 Å². The number of nitrogens with zero attached hydrogens (tertiary/aromatic N) is 4. The third kappa shape index (κ3) is 4.73. The molecule has 34 heavy (non-hydrogen) atoms. The quantitative estimate of drug-likeness (QED) is 0.342. The highest BCUT2D eigenvalue weighted by atomic mass is 16.5. The van der Waals surface area contributed by atoms with Crippen molar-refractivity contribution in [2.45, 2.75) is 26.3 Å². The van der Waals surface area contributed by atoms with Crippen LogP contribution in [0.25, 0.3) is 33.9 Å². The molecule has 0 saturated heterocycles. The first kappa shape index (κ1) is 21.6. The molecule has 7 heteroatoms. The molecule has 0 radical (unpaired) electrons. The van der Waals surface area contributed by atoms with E-state index in [4.69, 9.17) is 4.52 Å². The first-order valence-electron chi connectivity index (χ1n) is 11.3. The van der Waals surface area contributed by atoms with Gasteiger partial charge in [-0.2, -0.15) is 10.1 Å². The van der Waals surface area contributed by atoms with Gasteiger partial charge in [-0.1, -0.05) is 77.5 Å². The van der Waals surface area contributed by atoms with Crippen LogP contribution in [0.4, 0.5) is 0 Å². The summed E-state index contributed by atoms with van der Waals surface area (Å²) in [6.45, 7) is 2.75. The minimum atomic E-state index is -0.0844. The molecule has 170 valence electrons. The molecule has 5 rings (SSSR count). The number of aryl methyl sites for hydroxylation is 2.